The number of hydrazine groups is 1. The molecule has 1 unspecified atom stereocenters. The summed E-state index contributed by atoms with van der Waals surface area (Å²) in [6.07, 6.45) is 0. The molecule has 4 nitrogen and oxygen atoms in total. The van der Waals surface area contributed by atoms with Gasteiger partial charge in [0.05, 0.1) is 6.54 Å². The van der Waals surface area contributed by atoms with E-state index in [-0.39, 0.29) is 5.72 Å². The number of nitrogens with zero attached hydrogens (tertiary/aromatic N) is 2. The van der Waals surface area contributed by atoms with E-state index in [0.717, 1.165) is 19.6 Å². The van der Waals surface area contributed by atoms with Crippen molar-refractivity contribution in [2.75, 3.05) is 33.8 Å². The van der Waals surface area contributed by atoms with E-state index in [9.17, 15) is 0 Å². The molecule has 1 atom stereocenters. The second kappa shape index (κ2) is 6.04. The van der Waals surface area contributed by atoms with Gasteiger partial charge < -0.3 is 4.74 Å². The highest BCUT2D eigenvalue weighted by Gasteiger charge is 2.38. The molecule has 5 heteroatoms. The third kappa shape index (κ3) is 3.05. The molecule has 0 aromatic heterocycles. The lowest BCUT2D eigenvalue weighted by atomic mass is 10.2. The van der Waals surface area contributed by atoms with E-state index in [2.05, 4.69) is 45.9 Å². The van der Waals surface area contributed by atoms with Crippen LogP contribution in [0.3, 0.4) is 0 Å². The summed E-state index contributed by atoms with van der Waals surface area (Å²) in [5.74, 6) is 0. The molecule has 2 rings (SSSR count). The van der Waals surface area contributed by atoms with Crippen LogP contribution in [0, 0.1) is 0 Å². The van der Waals surface area contributed by atoms with Crippen molar-refractivity contribution < 1.29 is 4.74 Å². The molecular weight excluding hydrogens is 246 g/mol. The summed E-state index contributed by atoms with van der Waals surface area (Å²) in [7, 11) is 3.73. The Kier molecular flexibility index (Phi) is 4.64. The molecule has 0 bridgehead atoms. The van der Waals surface area contributed by atoms with Gasteiger partial charge in [-0.3, -0.25) is 5.43 Å². The molecule has 1 N–H and O–H groups in total. The maximum absolute atomic E-state index is 5.72. The average Bonchev–Trinajstić information content (AvgIpc) is 2.42. The molecule has 1 saturated heterocycles. The minimum atomic E-state index is -0.276. The molecule has 0 saturated carbocycles. The minimum absolute atomic E-state index is 0.276. The highest BCUT2D eigenvalue weighted by atomic mass is 32.2. The van der Waals surface area contributed by atoms with Crippen LogP contribution >= 0.6 is 11.9 Å². The smallest absolute Gasteiger partial charge is 0.141 e. The normalized spacial score (nSPS) is 26.4. The third-order valence-corrected chi connectivity index (χ3v) is 4.57. The Bertz CT molecular complexity index is 376. The second-order valence-corrected chi connectivity index (χ2v) is 5.63. The number of ether oxygens (including phenoxy) is 1. The van der Waals surface area contributed by atoms with E-state index in [1.807, 2.05) is 13.1 Å². The van der Waals surface area contributed by atoms with Crippen molar-refractivity contribution in [2.24, 2.45) is 0 Å². The second-order valence-electron chi connectivity index (χ2n) is 4.53. The Morgan fingerprint density at radius 1 is 1.28 bits per heavy atom. The molecular formula is C13H21N3OS. The largest absolute Gasteiger partial charge is 0.362 e. The summed E-state index contributed by atoms with van der Waals surface area (Å²) < 4.78 is 8.03. The number of hydrogen-bond acceptors (Lipinski definition) is 5. The maximum Gasteiger partial charge on any atom is 0.141 e. The summed E-state index contributed by atoms with van der Waals surface area (Å²) in [4.78, 5) is 1.25. The van der Waals surface area contributed by atoms with Crippen molar-refractivity contribution in [2.45, 2.75) is 17.5 Å². The topological polar surface area (TPSA) is 27.7 Å². The highest BCUT2D eigenvalue weighted by Crippen LogP contribution is 2.33. The maximum atomic E-state index is 5.72. The molecule has 1 aromatic rings. The number of rotatable bonds is 4. The highest BCUT2D eigenvalue weighted by molar-refractivity contribution is 7.97. The fraction of sp³-hybridized carbons (Fsp3) is 0.538. The van der Waals surface area contributed by atoms with Crippen LogP contribution in [0.5, 0.6) is 0 Å². The van der Waals surface area contributed by atoms with E-state index in [1.165, 1.54) is 4.90 Å². The van der Waals surface area contributed by atoms with Gasteiger partial charge in [-0.05, 0) is 38.1 Å². The van der Waals surface area contributed by atoms with E-state index in [4.69, 9.17) is 4.74 Å². The van der Waals surface area contributed by atoms with Crippen LogP contribution in [0.4, 0.5) is 0 Å². The van der Waals surface area contributed by atoms with Crippen molar-refractivity contribution in [3.63, 3.8) is 0 Å². The summed E-state index contributed by atoms with van der Waals surface area (Å²) in [5, 5.41) is 2.19. The summed E-state index contributed by atoms with van der Waals surface area (Å²) in [5.41, 5.74) is 2.92. The molecule has 1 aliphatic heterocycles. The quantitative estimate of drug-likeness (QED) is 0.840. The number of nitrogens with one attached hydrogen (secondary N) is 1. The third-order valence-electron chi connectivity index (χ3n) is 3.30. The predicted molar refractivity (Wildman–Crippen MR) is 75.1 cm³/mol. The lowest BCUT2D eigenvalue weighted by molar-refractivity contribution is -0.127. The molecule has 1 aliphatic rings. The zero-order valence-electron chi connectivity index (χ0n) is 11.2. The molecule has 0 spiro atoms. The molecule has 1 heterocycles. The zero-order valence-corrected chi connectivity index (χ0v) is 12.0. The number of benzene rings is 1. The van der Waals surface area contributed by atoms with Gasteiger partial charge in [0, 0.05) is 25.1 Å². The zero-order chi connectivity index (χ0) is 13.0. The number of piperazine rings is 1. The van der Waals surface area contributed by atoms with Crippen LogP contribution in [-0.2, 0) is 4.74 Å². The molecule has 1 fully saturated rings. The van der Waals surface area contributed by atoms with E-state index < -0.39 is 0 Å². The Morgan fingerprint density at radius 3 is 2.61 bits per heavy atom. The minimum Gasteiger partial charge on any atom is -0.362 e. The van der Waals surface area contributed by atoms with Gasteiger partial charge in [-0.1, -0.05) is 18.2 Å². The molecule has 18 heavy (non-hydrogen) atoms. The van der Waals surface area contributed by atoms with Crippen LogP contribution in [-0.4, -0.2) is 48.8 Å². The van der Waals surface area contributed by atoms with E-state index in [0.29, 0.717) is 0 Å². The fourth-order valence-electron chi connectivity index (χ4n) is 2.07. The Morgan fingerprint density at radius 2 is 2.00 bits per heavy atom. The lowest BCUT2D eigenvalue weighted by Gasteiger charge is -2.46. The first-order chi connectivity index (χ1) is 8.68. The molecule has 100 valence electrons. The van der Waals surface area contributed by atoms with Crippen LogP contribution in [0.15, 0.2) is 35.2 Å². The molecule has 0 aliphatic carbocycles. The lowest BCUT2D eigenvalue weighted by Crippen LogP contribution is -2.61. The van der Waals surface area contributed by atoms with Crippen molar-refractivity contribution in [3.8, 4) is 0 Å². The summed E-state index contributed by atoms with van der Waals surface area (Å²) in [6.45, 7) is 4.94. The van der Waals surface area contributed by atoms with Crippen LogP contribution in [0.1, 0.15) is 6.92 Å². The van der Waals surface area contributed by atoms with Gasteiger partial charge in [0.2, 0.25) is 0 Å². The van der Waals surface area contributed by atoms with Gasteiger partial charge in [0.1, 0.15) is 5.72 Å². The Labute approximate surface area is 113 Å². The van der Waals surface area contributed by atoms with Crippen LogP contribution < -0.4 is 5.43 Å². The Balaban J connectivity index is 2.07. The van der Waals surface area contributed by atoms with Crippen molar-refractivity contribution in [3.05, 3.63) is 30.3 Å². The van der Waals surface area contributed by atoms with Crippen LogP contribution in [0.25, 0.3) is 0 Å². The summed E-state index contributed by atoms with van der Waals surface area (Å²) >= 11 is 1.76. The number of hydrogen-bond donors (Lipinski definition) is 1. The van der Waals surface area contributed by atoms with Gasteiger partial charge in [-0.15, -0.1) is 0 Å². The van der Waals surface area contributed by atoms with Crippen molar-refractivity contribution >= 4 is 11.9 Å². The average molecular weight is 267 g/mol. The molecule has 1 aromatic carbocycles. The predicted octanol–water partition coefficient (Wildman–Crippen LogP) is 1.81. The van der Waals surface area contributed by atoms with Crippen molar-refractivity contribution in [1.82, 2.24) is 14.7 Å². The molecule has 0 radical (unpaired) electrons. The van der Waals surface area contributed by atoms with Crippen LogP contribution in [0.2, 0.25) is 0 Å². The summed E-state index contributed by atoms with van der Waals surface area (Å²) in [6, 6.07) is 10.4. The van der Waals surface area contributed by atoms with Gasteiger partial charge in [-0.25, -0.2) is 9.31 Å². The monoisotopic (exact) mass is 267 g/mol. The fourth-order valence-corrected chi connectivity index (χ4v) is 3.10. The first-order valence-electron chi connectivity index (χ1n) is 6.16. The van der Waals surface area contributed by atoms with Gasteiger partial charge in [0.25, 0.3) is 0 Å². The van der Waals surface area contributed by atoms with E-state index >= 15 is 0 Å². The SMILES string of the molecule is CNN1CCN(Sc2ccccc2)C(C)(OC)C1. The van der Waals surface area contributed by atoms with Gasteiger partial charge in [-0.2, -0.15) is 0 Å². The first-order valence-corrected chi connectivity index (χ1v) is 6.93. The number of methoxy groups -OCH3 is 1. The van der Waals surface area contributed by atoms with E-state index in [1.54, 1.807) is 19.1 Å². The molecule has 0 amide bonds. The van der Waals surface area contributed by atoms with Gasteiger partial charge in [0.15, 0.2) is 0 Å². The Hall–Kier alpha value is -0.590. The van der Waals surface area contributed by atoms with Crippen molar-refractivity contribution in [1.29, 1.82) is 0 Å². The first kappa shape index (κ1) is 13.8. The van der Waals surface area contributed by atoms with Gasteiger partial charge >= 0.3 is 0 Å². The standard InChI is InChI=1S/C13H21N3OS/c1-13(17-3)11-15(14-2)9-10-16(13)18-12-7-5-4-6-8-12/h4-8,14H,9-11H2,1-3H3.